The Morgan fingerprint density at radius 2 is 1.76 bits per heavy atom. The molecule has 0 aliphatic carbocycles. The molecule has 17 heteroatoms. The number of aryl methyl sites for hydroxylation is 1. The van der Waals surface area contributed by atoms with Crippen LogP contribution in [0, 0.1) is 24.1 Å². The Labute approximate surface area is 232 Å². The lowest BCUT2D eigenvalue weighted by molar-refractivity contribution is 0.477. The molecule has 3 heterocycles. The highest BCUT2D eigenvalue weighted by Gasteiger charge is 2.28. The molecule has 0 bridgehead atoms. The lowest BCUT2D eigenvalue weighted by atomic mass is 9.91. The minimum Gasteiger partial charge on any atom is -0.293 e. The number of hydrogen-bond donors (Lipinski definition) is 3. The number of rotatable bonds is 5. The molecule has 3 N–H and O–H groups in total. The first-order valence-electron chi connectivity index (χ1n) is 11.7. The zero-order valence-corrected chi connectivity index (χ0v) is 23.4. The summed E-state index contributed by atoms with van der Waals surface area (Å²) in [5.74, 6) is -0.780. The maximum atomic E-state index is 14.0. The predicted octanol–water partition coefficient (Wildman–Crippen LogP) is 4.53. The molecule has 2 aromatic carbocycles. The van der Waals surface area contributed by atoms with E-state index >= 15 is 0 Å². The normalized spacial score (nSPS) is 13.0. The molecule has 0 spiro atoms. The van der Waals surface area contributed by atoms with E-state index in [0.717, 1.165) is 22.9 Å². The molecule has 41 heavy (non-hydrogen) atoms. The summed E-state index contributed by atoms with van der Waals surface area (Å²) in [4.78, 5) is 3.06. The van der Waals surface area contributed by atoms with Crippen LogP contribution in [-0.4, -0.2) is 50.3 Å². The molecule has 5 rings (SSSR count). The number of nitrogens with one attached hydrogen (secondary N) is 1. The molecule has 0 atom stereocenters. The lowest BCUT2D eigenvalue weighted by Gasteiger charge is -2.16. The van der Waals surface area contributed by atoms with Crippen LogP contribution in [0.25, 0.3) is 22.4 Å². The number of aromatic amines is 1. The van der Waals surface area contributed by atoms with Crippen LogP contribution in [0.15, 0.2) is 56.4 Å². The van der Waals surface area contributed by atoms with E-state index < -0.39 is 46.9 Å². The van der Waals surface area contributed by atoms with Crippen molar-refractivity contribution in [2.45, 2.75) is 42.9 Å². The average Bonchev–Trinajstić information content (AvgIpc) is 3.50. The first-order chi connectivity index (χ1) is 19.0. The number of hydrogen-bond acceptors (Lipinski definition) is 9. The summed E-state index contributed by atoms with van der Waals surface area (Å²) >= 11 is 0. The van der Waals surface area contributed by atoms with Crippen molar-refractivity contribution in [2.24, 2.45) is 10.2 Å². The van der Waals surface area contributed by atoms with Crippen molar-refractivity contribution < 1.29 is 30.3 Å². The van der Waals surface area contributed by atoms with Crippen LogP contribution < -0.4 is 0 Å². The monoisotopic (exact) mass is 600 g/mol. The summed E-state index contributed by atoms with van der Waals surface area (Å²) in [6, 6.07) is 8.26. The van der Waals surface area contributed by atoms with Gasteiger partial charge in [-0.3, -0.25) is 14.2 Å². The molecule has 0 radical (unpaired) electrons. The van der Waals surface area contributed by atoms with Gasteiger partial charge in [0.15, 0.2) is 17.2 Å². The van der Waals surface area contributed by atoms with Crippen molar-refractivity contribution in [3.8, 4) is 11.8 Å². The van der Waals surface area contributed by atoms with Gasteiger partial charge in [0, 0.05) is 11.5 Å². The van der Waals surface area contributed by atoms with Crippen LogP contribution >= 0.6 is 0 Å². The van der Waals surface area contributed by atoms with Crippen molar-refractivity contribution in [2.75, 3.05) is 0 Å². The number of benzene rings is 2. The van der Waals surface area contributed by atoms with Gasteiger partial charge in [0.2, 0.25) is 0 Å². The van der Waals surface area contributed by atoms with Gasteiger partial charge in [-0.05, 0) is 37.3 Å². The van der Waals surface area contributed by atoms with Crippen LogP contribution in [0.4, 0.5) is 15.9 Å². The Bertz CT molecular complexity index is 2180. The Morgan fingerprint density at radius 1 is 1.05 bits per heavy atom. The zero-order valence-electron chi connectivity index (χ0n) is 21.8. The van der Waals surface area contributed by atoms with Gasteiger partial charge in [0.05, 0.1) is 33.0 Å². The lowest BCUT2D eigenvalue weighted by Crippen LogP contribution is -2.12. The van der Waals surface area contributed by atoms with E-state index in [1.807, 2.05) is 26.8 Å². The first-order valence-corrected chi connectivity index (χ1v) is 14.6. The highest BCUT2D eigenvalue weighted by atomic mass is 32.2. The van der Waals surface area contributed by atoms with Crippen molar-refractivity contribution in [3.63, 3.8) is 0 Å². The van der Waals surface area contributed by atoms with E-state index in [-0.39, 0.29) is 28.4 Å². The molecular formula is C24H21FN8O6S2. The van der Waals surface area contributed by atoms with Gasteiger partial charge in [-0.25, -0.2) is 18.6 Å². The summed E-state index contributed by atoms with van der Waals surface area (Å²) in [6.07, 6.45) is 0. The molecule has 0 aliphatic heterocycles. The molecule has 0 saturated heterocycles. The smallest absolute Gasteiger partial charge is 0.293 e. The van der Waals surface area contributed by atoms with Gasteiger partial charge in [-0.1, -0.05) is 20.8 Å². The quantitative estimate of drug-likeness (QED) is 0.191. The van der Waals surface area contributed by atoms with Gasteiger partial charge >= 0.3 is 0 Å². The van der Waals surface area contributed by atoms with Crippen LogP contribution in [0.1, 0.15) is 37.7 Å². The standard InChI is InChI=1S/C24H21FN8O6S2/c1-12-15(11-26)22(33(30-12)18-10-14(40(34,35)36)6-8-19(18)41(37,38)39)29-28-20-21(24(2,3)4)31-32-17-9-13(25)5-7-16(17)27-23(20)32/h5-10,31H,1-4H3,(H,34,35,36)(H,37,38,39). The number of imidazole rings is 1. The average molecular weight is 601 g/mol. The minimum atomic E-state index is -4.94. The fourth-order valence-electron chi connectivity index (χ4n) is 4.26. The molecule has 5 aromatic rings. The number of H-pyrrole nitrogens is 1. The fourth-order valence-corrected chi connectivity index (χ4v) is 5.41. The molecule has 0 unspecified atom stereocenters. The first kappa shape index (κ1) is 28.0. The summed E-state index contributed by atoms with van der Waals surface area (Å²) < 4.78 is 83.7. The van der Waals surface area contributed by atoms with Crippen LogP contribution in [-0.2, 0) is 25.7 Å². The van der Waals surface area contributed by atoms with E-state index in [0.29, 0.717) is 16.7 Å². The molecule has 0 saturated carbocycles. The number of aromatic nitrogens is 5. The van der Waals surface area contributed by atoms with Gasteiger partial charge in [-0.15, -0.1) is 10.2 Å². The Kier molecular flexibility index (Phi) is 6.34. The highest BCUT2D eigenvalue weighted by Crippen LogP contribution is 2.38. The Morgan fingerprint density at radius 3 is 2.37 bits per heavy atom. The second-order valence-electron chi connectivity index (χ2n) is 10.1. The SMILES string of the molecule is Cc1nn(-c2cc(S(=O)(=O)O)ccc2S(=O)(=O)O)c(N=Nc2c(C(C)(C)C)[nH]n3c2nc2ccc(F)cc23)c1C#N. The molecule has 0 fully saturated rings. The van der Waals surface area contributed by atoms with Gasteiger partial charge in [0.1, 0.15) is 22.3 Å². The van der Waals surface area contributed by atoms with E-state index in [1.54, 1.807) is 0 Å². The maximum Gasteiger partial charge on any atom is 0.296 e. The van der Waals surface area contributed by atoms with Gasteiger partial charge in [0.25, 0.3) is 20.2 Å². The third kappa shape index (κ3) is 4.86. The van der Waals surface area contributed by atoms with E-state index in [2.05, 4.69) is 25.4 Å². The van der Waals surface area contributed by atoms with Crippen molar-refractivity contribution in [1.29, 1.82) is 5.26 Å². The third-order valence-corrected chi connectivity index (χ3v) is 7.92. The Hall–Kier alpha value is -4.50. The summed E-state index contributed by atoms with van der Waals surface area (Å²) in [6.45, 7) is 7.08. The van der Waals surface area contributed by atoms with Crippen LogP contribution in [0.2, 0.25) is 0 Å². The molecule has 212 valence electrons. The maximum absolute atomic E-state index is 14.0. The number of halogens is 1. The minimum absolute atomic E-state index is 0.0808. The molecule has 3 aromatic heterocycles. The van der Waals surface area contributed by atoms with Crippen molar-refractivity contribution in [1.82, 2.24) is 24.4 Å². The Balaban J connectivity index is 1.80. The third-order valence-electron chi connectivity index (χ3n) is 6.17. The number of nitriles is 1. The van der Waals surface area contributed by atoms with Crippen LogP contribution in [0.3, 0.4) is 0 Å². The van der Waals surface area contributed by atoms with E-state index in [4.69, 9.17) is 0 Å². The van der Waals surface area contributed by atoms with E-state index in [1.165, 1.54) is 29.6 Å². The summed E-state index contributed by atoms with van der Waals surface area (Å²) in [5, 5.41) is 25.7. The molecule has 0 aliphatic rings. The molecular weight excluding hydrogens is 579 g/mol. The second kappa shape index (κ2) is 9.27. The van der Waals surface area contributed by atoms with Crippen LogP contribution in [0.5, 0.6) is 0 Å². The summed E-state index contributed by atoms with van der Waals surface area (Å²) in [5.41, 5.74) is 0.840. The summed E-state index contributed by atoms with van der Waals surface area (Å²) in [7, 11) is -9.75. The van der Waals surface area contributed by atoms with Crippen molar-refractivity contribution in [3.05, 3.63) is 59.2 Å². The highest BCUT2D eigenvalue weighted by molar-refractivity contribution is 7.86. The fraction of sp³-hybridized carbons (Fsp3) is 0.208. The van der Waals surface area contributed by atoms with Gasteiger partial charge in [-0.2, -0.15) is 27.2 Å². The topological polar surface area (TPSA) is 208 Å². The second-order valence-corrected chi connectivity index (χ2v) is 12.9. The molecule has 0 amide bonds. The predicted molar refractivity (Wildman–Crippen MR) is 143 cm³/mol. The number of nitrogens with zero attached hydrogens (tertiary/aromatic N) is 7. The number of azo groups is 1. The van der Waals surface area contributed by atoms with Gasteiger partial charge < -0.3 is 0 Å². The van der Waals surface area contributed by atoms with E-state index in [9.17, 15) is 35.6 Å². The largest absolute Gasteiger partial charge is 0.296 e. The molecule has 14 nitrogen and oxygen atoms in total. The number of fused-ring (bicyclic) bond motifs is 3. The van der Waals surface area contributed by atoms with Crippen molar-refractivity contribution >= 4 is 48.4 Å². The zero-order chi connectivity index (χ0) is 30.1.